The lowest BCUT2D eigenvalue weighted by Crippen LogP contribution is -2.07. The summed E-state index contributed by atoms with van der Waals surface area (Å²) in [5.41, 5.74) is 5.33. The van der Waals surface area contributed by atoms with E-state index in [9.17, 15) is 10.1 Å². The average Bonchev–Trinajstić information content (AvgIpc) is 2.43. The van der Waals surface area contributed by atoms with Crippen LogP contribution in [0.1, 0.15) is 5.56 Å². The molecule has 0 aliphatic heterocycles. The number of anilines is 3. The Labute approximate surface area is 124 Å². The van der Waals surface area contributed by atoms with Crippen LogP contribution in [-0.2, 0) is 0 Å². The van der Waals surface area contributed by atoms with Crippen molar-refractivity contribution >= 4 is 38.7 Å². The number of benzene rings is 2. The number of rotatable bonds is 4. The Morgan fingerprint density at radius 2 is 1.95 bits per heavy atom. The zero-order valence-corrected chi connectivity index (χ0v) is 12.3. The lowest BCUT2D eigenvalue weighted by Gasteiger charge is -2.12. The Morgan fingerprint density at radius 3 is 2.60 bits per heavy atom. The molecule has 0 radical (unpaired) electrons. The van der Waals surface area contributed by atoms with Crippen molar-refractivity contribution in [3.63, 3.8) is 0 Å². The molecule has 0 saturated heterocycles. The van der Waals surface area contributed by atoms with Gasteiger partial charge in [0.15, 0.2) is 0 Å². The first-order valence-electron chi connectivity index (χ1n) is 5.79. The van der Waals surface area contributed by atoms with Crippen LogP contribution in [0.25, 0.3) is 0 Å². The zero-order chi connectivity index (χ0) is 14.7. The second-order valence-electron chi connectivity index (χ2n) is 4.21. The van der Waals surface area contributed by atoms with Crippen molar-refractivity contribution in [1.29, 1.82) is 0 Å². The van der Waals surface area contributed by atoms with Gasteiger partial charge in [0, 0.05) is 28.0 Å². The fourth-order valence-electron chi connectivity index (χ4n) is 1.77. The third kappa shape index (κ3) is 3.06. The summed E-state index contributed by atoms with van der Waals surface area (Å²) in [6.07, 6.45) is 0. The molecule has 0 aliphatic rings. The predicted octanol–water partition coefficient (Wildman–Crippen LogP) is 3.69. The molecule has 0 atom stereocenters. The molecule has 0 heterocycles. The van der Waals surface area contributed by atoms with E-state index in [1.165, 1.54) is 12.1 Å². The maximum atomic E-state index is 10.9. The number of nitrogens with zero attached hydrogens (tertiary/aromatic N) is 1. The van der Waals surface area contributed by atoms with Crippen LogP contribution in [0.4, 0.5) is 22.7 Å². The van der Waals surface area contributed by atoms with Crippen molar-refractivity contribution in [3.8, 4) is 0 Å². The number of hydrogen-bond donors (Lipinski definition) is 3. The van der Waals surface area contributed by atoms with E-state index in [-0.39, 0.29) is 5.69 Å². The van der Waals surface area contributed by atoms with Gasteiger partial charge in [-0.1, -0.05) is 22.0 Å². The average molecular weight is 337 g/mol. The second kappa shape index (κ2) is 5.89. The fraction of sp³-hybridized carbons (Fsp3) is 0.0769. The van der Waals surface area contributed by atoms with Gasteiger partial charge in [0.2, 0.25) is 0 Å². The fourth-order valence-corrected chi connectivity index (χ4v) is 2.14. The van der Waals surface area contributed by atoms with E-state index in [1.54, 1.807) is 6.07 Å². The van der Waals surface area contributed by atoms with Crippen molar-refractivity contribution in [1.82, 2.24) is 0 Å². The molecule has 0 fully saturated rings. The summed E-state index contributed by atoms with van der Waals surface area (Å²) in [5.74, 6) is 5.33. The Balaban J connectivity index is 2.40. The van der Waals surface area contributed by atoms with Crippen LogP contribution in [0.3, 0.4) is 0 Å². The number of nitrogens with one attached hydrogen (secondary N) is 2. The summed E-state index contributed by atoms with van der Waals surface area (Å²) in [5, 5.41) is 14.0. The van der Waals surface area contributed by atoms with Crippen LogP contribution in [0.2, 0.25) is 0 Å². The zero-order valence-electron chi connectivity index (χ0n) is 10.7. The number of nitrogens with two attached hydrogens (primary N) is 1. The van der Waals surface area contributed by atoms with Crippen molar-refractivity contribution < 1.29 is 4.92 Å². The Morgan fingerprint density at radius 1 is 1.25 bits per heavy atom. The first-order chi connectivity index (χ1) is 9.51. The van der Waals surface area contributed by atoms with Gasteiger partial charge in [-0.05, 0) is 30.7 Å². The van der Waals surface area contributed by atoms with Crippen molar-refractivity contribution in [2.45, 2.75) is 6.92 Å². The minimum atomic E-state index is -0.459. The molecular weight excluding hydrogens is 324 g/mol. The van der Waals surface area contributed by atoms with Crippen LogP contribution in [0, 0.1) is 17.0 Å². The molecule has 20 heavy (non-hydrogen) atoms. The van der Waals surface area contributed by atoms with E-state index in [0.29, 0.717) is 11.4 Å². The number of nitrogen functional groups attached to an aromatic ring is 1. The van der Waals surface area contributed by atoms with Crippen molar-refractivity contribution in [2.24, 2.45) is 5.84 Å². The van der Waals surface area contributed by atoms with E-state index in [2.05, 4.69) is 26.7 Å². The molecule has 0 unspecified atom stereocenters. The monoisotopic (exact) mass is 336 g/mol. The first-order valence-corrected chi connectivity index (χ1v) is 6.59. The first kappa shape index (κ1) is 14.3. The Bertz CT molecular complexity index is 661. The van der Waals surface area contributed by atoms with Crippen LogP contribution in [0.15, 0.2) is 40.9 Å². The molecule has 4 N–H and O–H groups in total. The topological polar surface area (TPSA) is 93.2 Å². The highest BCUT2D eigenvalue weighted by Crippen LogP contribution is 2.30. The molecule has 0 spiro atoms. The molecule has 104 valence electrons. The third-order valence-corrected chi connectivity index (χ3v) is 3.70. The highest BCUT2D eigenvalue weighted by atomic mass is 79.9. The largest absolute Gasteiger partial charge is 0.355 e. The summed E-state index contributed by atoms with van der Waals surface area (Å²) in [6.45, 7) is 1.95. The summed E-state index contributed by atoms with van der Waals surface area (Å²) in [7, 11) is 0. The molecule has 0 saturated carbocycles. The summed E-state index contributed by atoms with van der Waals surface area (Å²) in [4.78, 5) is 10.4. The second-order valence-corrected chi connectivity index (χ2v) is 5.06. The molecule has 2 aromatic rings. The molecule has 0 aliphatic carbocycles. The lowest BCUT2D eigenvalue weighted by molar-refractivity contribution is -0.384. The molecule has 0 aromatic heterocycles. The molecule has 2 rings (SSSR count). The number of hydrazine groups is 1. The van der Waals surface area contributed by atoms with E-state index in [0.717, 1.165) is 15.7 Å². The van der Waals surface area contributed by atoms with E-state index >= 15 is 0 Å². The van der Waals surface area contributed by atoms with Gasteiger partial charge in [-0.15, -0.1) is 0 Å². The Hall–Kier alpha value is -2.12. The van der Waals surface area contributed by atoms with E-state index < -0.39 is 4.92 Å². The van der Waals surface area contributed by atoms with Crippen LogP contribution in [0.5, 0.6) is 0 Å². The maximum Gasteiger partial charge on any atom is 0.273 e. The van der Waals surface area contributed by atoms with Gasteiger partial charge >= 0.3 is 0 Å². The smallest absolute Gasteiger partial charge is 0.273 e. The van der Waals surface area contributed by atoms with Gasteiger partial charge in [-0.3, -0.25) is 16.0 Å². The van der Waals surface area contributed by atoms with Crippen molar-refractivity contribution in [3.05, 3.63) is 56.5 Å². The molecule has 2 aromatic carbocycles. The number of nitro groups is 1. The minimum Gasteiger partial charge on any atom is -0.355 e. The van der Waals surface area contributed by atoms with Gasteiger partial charge in [-0.2, -0.15) is 0 Å². The highest BCUT2D eigenvalue weighted by molar-refractivity contribution is 9.10. The normalized spacial score (nSPS) is 10.2. The van der Waals surface area contributed by atoms with Crippen LogP contribution < -0.4 is 16.6 Å². The van der Waals surface area contributed by atoms with Gasteiger partial charge in [0.25, 0.3) is 5.69 Å². The molecular formula is C13H13BrN4O2. The summed E-state index contributed by atoms with van der Waals surface area (Å²) >= 11 is 3.44. The quantitative estimate of drug-likeness (QED) is 0.449. The SMILES string of the molecule is Cc1c(Br)cccc1Nc1cc(NN)cc([N+](=O)[O-])c1. The predicted molar refractivity (Wildman–Crippen MR) is 83.1 cm³/mol. The van der Waals surface area contributed by atoms with Gasteiger partial charge in [-0.25, -0.2) is 0 Å². The molecule has 7 heteroatoms. The standard InChI is InChI=1S/C13H13BrN4O2/c1-8-12(14)3-2-4-13(8)16-9-5-10(17-15)7-11(6-9)18(19)20/h2-7,16-17H,15H2,1H3. The van der Waals surface area contributed by atoms with Crippen LogP contribution >= 0.6 is 15.9 Å². The lowest BCUT2D eigenvalue weighted by atomic mass is 10.2. The number of hydrogen-bond acceptors (Lipinski definition) is 5. The Kier molecular flexibility index (Phi) is 4.21. The summed E-state index contributed by atoms with van der Waals surface area (Å²) < 4.78 is 0.963. The van der Waals surface area contributed by atoms with Gasteiger partial charge in [0.1, 0.15) is 0 Å². The maximum absolute atomic E-state index is 10.9. The molecule has 0 amide bonds. The van der Waals surface area contributed by atoms with E-state index in [1.807, 2.05) is 25.1 Å². The van der Waals surface area contributed by atoms with Gasteiger partial charge in [0.05, 0.1) is 10.6 Å². The van der Waals surface area contributed by atoms with Gasteiger partial charge < -0.3 is 10.7 Å². The number of nitro benzene ring substituents is 1. The number of halogens is 1. The molecule has 0 bridgehead atoms. The minimum absolute atomic E-state index is 0.0319. The van der Waals surface area contributed by atoms with E-state index in [4.69, 9.17) is 5.84 Å². The highest BCUT2D eigenvalue weighted by Gasteiger charge is 2.10. The molecule has 6 nitrogen and oxygen atoms in total. The van der Waals surface area contributed by atoms with Crippen molar-refractivity contribution in [2.75, 3.05) is 10.7 Å². The third-order valence-electron chi connectivity index (χ3n) is 2.84. The van der Waals surface area contributed by atoms with Crippen LogP contribution in [-0.4, -0.2) is 4.92 Å². The summed E-state index contributed by atoms with van der Waals surface area (Å²) in [6, 6.07) is 10.3. The number of non-ortho nitro benzene ring substituents is 1.